The molecule has 180 valence electrons. The summed E-state index contributed by atoms with van der Waals surface area (Å²) >= 11 is 1.61. The molecule has 1 aromatic carbocycles. The molecule has 8 heteroatoms. The number of carbonyl (C=O) groups excluding carboxylic acids is 2. The van der Waals surface area contributed by atoms with E-state index in [-0.39, 0.29) is 36.2 Å². The predicted molar refractivity (Wildman–Crippen MR) is 132 cm³/mol. The molecule has 0 spiro atoms. The molecule has 0 bridgehead atoms. The second kappa shape index (κ2) is 10.3. The molecule has 0 radical (unpaired) electrons. The second-order valence-corrected chi connectivity index (χ2v) is 11.1. The first-order valence-corrected chi connectivity index (χ1v) is 12.4. The van der Waals surface area contributed by atoms with Gasteiger partial charge in [-0.25, -0.2) is 4.98 Å². The number of hydrogen-bond acceptors (Lipinski definition) is 6. The van der Waals surface area contributed by atoms with Crippen LogP contribution in [0.25, 0.3) is 10.4 Å². The Morgan fingerprint density at radius 3 is 2.45 bits per heavy atom. The standard InChI is InChI=1S/C25H36N4O3S/c1-15(2)28-22(25(4,5)6)24(32)29-13-19(30)11-20(29)23(31)26-12-17-7-9-18(10-8-17)21-16(3)27-14-33-21/h7-10,14-15,19-20,22,28,30H,11-13H2,1-6H3,(H,26,31)/t19-,20+,22+/m1/s1. The number of nitrogens with zero attached hydrogens (tertiary/aromatic N) is 2. The number of aliphatic hydroxyl groups excluding tert-OH is 1. The number of likely N-dealkylation sites (tertiary alicyclic amines) is 1. The summed E-state index contributed by atoms with van der Waals surface area (Å²) in [6.45, 7) is 12.5. The number of β-amino-alcohol motifs (C(OH)–C–C–N with tert-alkyl or cyclic N) is 1. The van der Waals surface area contributed by atoms with E-state index < -0.39 is 18.2 Å². The van der Waals surface area contributed by atoms with Crippen LogP contribution in [0, 0.1) is 12.3 Å². The lowest BCUT2D eigenvalue weighted by Crippen LogP contribution is -2.57. The number of aromatic nitrogens is 1. The summed E-state index contributed by atoms with van der Waals surface area (Å²) in [4.78, 5) is 33.4. The van der Waals surface area contributed by atoms with Crippen molar-refractivity contribution in [1.29, 1.82) is 0 Å². The van der Waals surface area contributed by atoms with E-state index >= 15 is 0 Å². The van der Waals surface area contributed by atoms with Crippen LogP contribution >= 0.6 is 11.3 Å². The van der Waals surface area contributed by atoms with Crippen LogP contribution in [0.15, 0.2) is 29.8 Å². The minimum atomic E-state index is -0.703. The lowest BCUT2D eigenvalue weighted by Gasteiger charge is -2.36. The van der Waals surface area contributed by atoms with Crippen LogP contribution < -0.4 is 10.6 Å². The van der Waals surface area contributed by atoms with Crippen molar-refractivity contribution in [2.45, 2.75) is 78.7 Å². The first kappa shape index (κ1) is 25.3. The molecular formula is C25H36N4O3S. The summed E-state index contributed by atoms with van der Waals surface area (Å²) in [6.07, 6.45) is -0.453. The topological polar surface area (TPSA) is 94.6 Å². The van der Waals surface area contributed by atoms with Crippen LogP contribution in [0.2, 0.25) is 0 Å². The molecule has 3 N–H and O–H groups in total. The van der Waals surface area contributed by atoms with Crippen LogP contribution in [0.5, 0.6) is 0 Å². The number of aryl methyl sites for hydroxylation is 1. The van der Waals surface area contributed by atoms with Crippen molar-refractivity contribution in [3.05, 3.63) is 41.0 Å². The zero-order valence-electron chi connectivity index (χ0n) is 20.4. The van der Waals surface area contributed by atoms with Gasteiger partial charge in [-0.2, -0.15) is 0 Å². The Balaban J connectivity index is 1.66. The van der Waals surface area contributed by atoms with Gasteiger partial charge in [0.25, 0.3) is 0 Å². The van der Waals surface area contributed by atoms with Gasteiger partial charge >= 0.3 is 0 Å². The molecular weight excluding hydrogens is 436 g/mol. The maximum atomic E-state index is 13.4. The molecule has 0 aliphatic carbocycles. The Morgan fingerprint density at radius 2 is 1.91 bits per heavy atom. The monoisotopic (exact) mass is 472 g/mol. The average Bonchev–Trinajstić information content (AvgIpc) is 3.35. The van der Waals surface area contributed by atoms with E-state index in [2.05, 4.69) is 15.6 Å². The van der Waals surface area contributed by atoms with Gasteiger partial charge in [0.2, 0.25) is 11.8 Å². The van der Waals surface area contributed by atoms with E-state index in [1.807, 2.05) is 71.3 Å². The Bertz CT molecular complexity index is 965. The summed E-state index contributed by atoms with van der Waals surface area (Å²) in [6, 6.07) is 7.04. The van der Waals surface area contributed by atoms with Gasteiger partial charge in [-0.15, -0.1) is 11.3 Å². The predicted octanol–water partition coefficient (Wildman–Crippen LogP) is 3.11. The summed E-state index contributed by atoms with van der Waals surface area (Å²) in [5, 5.41) is 16.6. The van der Waals surface area contributed by atoms with Crippen molar-refractivity contribution in [2.24, 2.45) is 5.41 Å². The van der Waals surface area contributed by atoms with Gasteiger partial charge in [0.05, 0.1) is 28.2 Å². The minimum absolute atomic E-state index is 0.120. The van der Waals surface area contributed by atoms with Crippen LogP contribution in [0.4, 0.5) is 0 Å². The molecule has 7 nitrogen and oxygen atoms in total. The van der Waals surface area contributed by atoms with Crippen molar-refractivity contribution < 1.29 is 14.7 Å². The van der Waals surface area contributed by atoms with Crippen LogP contribution in [0.3, 0.4) is 0 Å². The lowest BCUT2D eigenvalue weighted by atomic mass is 9.85. The zero-order valence-corrected chi connectivity index (χ0v) is 21.2. The van der Waals surface area contributed by atoms with Crippen molar-refractivity contribution in [3.63, 3.8) is 0 Å². The fraction of sp³-hybridized carbons (Fsp3) is 0.560. The molecule has 2 heterocycles. The molecule has 1 fully saturated rings. The SMILES string of the molecule is Cc1ncsc1-c1ccc(CNC(=O)[C@@H]2C[C@@H](O)CN2C(=O)[C@H](NC(C)C)C(C)(C)C)cc1. The number of rotatable bonds is 7. The summed E-state index contributed by atoms with van der Waals surface area (Å²) in [5.74, 6) is -0.378. The van der Waals surface area contributed by atoms with E-state index in [4.69, 9.17) is 0 Å². The molecule has 1 aliphatic rings. The van der Waals surface area contributed by atoms with Crippen molar-refractivity contribution in [1.82, 2.24) is 20.5 Å². The van der Waals surface area contributed by atoms with Crippen molar-refractivity contribution in [3.8, 4) is 10.4 Å². The second-order valence-electron chi connectivity index (χ2n) is 10.2. The summed E-state index contributed by atoms with van der Waals surface area (Å²) in [7, 11) is 0. The van der Waals surface area contributed by atoms with Crippen LogP contribution in [-0.2, 0) is 16.1 Å². The van der Waals surface area contributed by atoms with Crippen molar-refractivity contribution >= 4 is 23.2 Å². The molecule has 2 aromatic rings. The third-order valence-electron chi connectivity index (χ3n) is 5.91. The third kappa shape index (κ3) is 6.19. The zero-order chi connectivity index (χ0) is 24.3. The lowest BCUT2D eigenvalue weighted by molar-refractivity contribution is -0.142. The highest BCUT2D eigenvalue weighted by atomic mass is 32.1. The molecule has 1 aromatic heterocycles. The molecule has 33 heavy (non-hydrogen) atoms. The van der Waals surface area contributed by atoms with Crippen LogP contribution in [-0.4, -0.2) is 57.6 Å². The maximum absolute atomic E-state index is 13.4. The van der Waals surface area contributed by atoms with E-state index in [0.717, 1.165) is 21.7 Å². The molecule has 2 amide bonds. The van der Waals surface area contributed by atoms with Gasteiger partial charge in [-0.3, -0.25) is 9.59 Å². The fourth-order valence-electron chi connectivity index (χ4n) is 4.16. The summed E-state index contributed by atoms with van der Waals surface area (Å²) < 4.78 is 0. The number of hydrogen-bond donors (Lipinski definition) is 3. The van der Waals surface area contributed by atoms with Crippen molar-refractivity contribution in [2.75, 3.05) is 6.54 Å². The fourth-order valence-corrected chi connectivity index (χ4v) is 4.97. The number of thiazole rings is 1. The highest BCUT2D eigenvalue weighted by molar-refractivity contribution is 7.13. The number of amides is 2. The number of benzene rings is 1. The number of nitrogens with one attached hydrogen (secondary N) is 2. The first-order chi connectivity index (χ1) is 15.5. The molecule has 1 aliphatic heterocycles. The van der Waals surface area contributed by atoms with E-state index in [1.54, 1.807) is 16.2 Å². The smallest absolute Gasteiger partial charge is 0.243 e. The Hall–Kier alpha value is -2.29. The molecule has 3 rings (SSSR count). The number of aliphatic hydroxyl groups is 1. The minimum Gasteiger partial charge on any atom is -0.391 e. The molecule has 1 saturated heterocycles. The Kier molecular flexibility index (Phi) is 7.92. The van der Waals surface area contributed by atoms with E-state index in [0.29, 0.717) is 6.54 Å². The molecule has 0 saturated carbocycles. The normalized spacial score (nSPS) is 19.7. The largest absolute Gasteiger partial charge is 0.391 e. The van der Waals surface area contributed by atoms with Gasteiger partial charge in [0.1, 0.15) is 6.04 Å². The maximum Gasteiger partial charge on any atom is 0.243 e. The van der Waals surface area contributed by atoms with Gasteiger partial charge in [0, 0.05) is 25.6 Å². The summed E-state index contributed by atoms with van der Waals surface area (Å²) in [5.41, 5.74) is 4.59. The molecule has 3 atom stereocenters. The van der Waals surface area contributed by atoms with Gasteiger partial charge in [-0.1, -0.05) is 58.9 Å². The van der Waals surface area contributed by atoms with Gasteiger partial charge < -0.3 is 20.6 Å². The van der Waals surface area contributed by atoms with E-state index in [9.17, 15) is 14.7 Å². The average molecular weight is 473 g/mol. The Labute approximate surface area is 200 Å². The van der Waals surface area contributed by atoms with Gasteiger partial charge in [-0.05, 0) is 23.5 Å². The number of carbonyl (C=O) groups is 2. The highest BCUT2D eigenvalue weighted by Gasteiger charge is 2.43. The van der Waals surface area contributed by atoms with E-state index in [1.165, 1.54) is 0 Å². The quantitative estimate of drug-likeness (QED) is 0.576. The highest BCUT2D eigenvalue weighted by Crippen LogP contribution is 2.28. The van der Waals surface area contributed by atoms with Gasteiger partial charge in [0.15, 0.2) is 0 Å². The molecule has 0 unspecified atom stereocenters. The third-order valence-corrected chi connectivity index (χ3v) is 6.88. The van der Waals surface area contributed by atoms with Crippen LogP contribution in [0.1, 0.15) is 52.3 Å². The first-order valence-electron chi connectivity index (χ1n) is 11.5. The Morgan fingerprint density at radius 1 is 1.24 bits per heavy atom.